The minimum atomic E-state index is -3.18. The summed E-state index contributed by atoms with van der Waals surface area (Å²) in [6.07, 6.45) is 3.87. The van der Waals surface area contributed by atoms with Gasteiger partial charge in [0.2, 0.25) is 0 Å². The maximum Gasteiger partial charge on any atom is 0.261 e. The molecule has 1 aliphatic heterocycles. The molecule has 4 rings (SSSR count). The van der Waals surface area contributed by atoms with Crippen LogP contribution in [-0.4, -0.2) is 47.5 Å². The van der Waals surface area contributed by atoms with Crippen LogP contribution in [0.4, 0.5) is 0 Å². The Kier molecular flexibility index (Phi) is 4.71. The van der Waals surface area contributed by atoms with Crippen LogP contribution < -0.4 is 11.1 Å². The van der Waals surface area contributed by atoms with E-state index in [1.807, 2.05) is 24.4 Å². The number of nitrogens with zero attached hydrogens (tertiary/aromatic N) is 2. The minimum absolute atomic E-state index is 0.0598. The van der Waals surface area contributed by atoms with E-state index < -0.39 is 15.9 Å². The number of hydrogen-bond donors (Lipinski definition) is 2. The number of thiophene rings is 1. The summed E-state index contributed by atoms with van der Waals surface area (Å²) in [6, 6.07) is 6.42. The Labute approximate surface area is 165 Å². The van der Waals surface area contributed by atoms with Crippen molar-refractivity contribution in [2.24, 2.45) is 5.73 Å². The molecule has 2 atom stereocenters. The first-order valence-electron chi connectivity index (χ1n) is 8.33. The highest BCUT2D eigenvalue weighted by Gasteiger charge is 2.32. The molecular formula is C17H17ClN4O3S2. The van der Waals surface area contributed by atoms with Crippen molar-refractivity contribution >= 4 is 44.2 Å². The molecule has 7 nitrogen and oxygen atoms in total. The summed E-state index contributed by atoms with van der Waals surface area (Å²) < 4.78 is 25.9. The Balaban J connectivity index is 1.60. The number of aromatic nitrogens is 2. The second-order valence-electron chi connectivity index (χ2n) is 6.53. The SMILES string of the molecule is N[C@@H]1CCS(=O)(=O)C[C@H]1NC(=O)c1cc(-c2cnn3ccccc23)c(Cl)s1. The molecular weight excluding hydrogens is 408 g/mol. The van der Waals surface area contributed by atoms with Crippen molar-refractivity contribution in [1.29, 1.82) is 0 Å². The summed E-state index contributed by atoms with van der Waals surface area (Å²) in [4.78, 5) is 13.0. The number of rotatable bonds is 3. The summed E-state index contributed by atoms with van der Waals surface area (Å²) in [5, 5.41) is 7.04. The highest BCUT2D eigenvalue weighted by Crippen LogP contribution is 2.37. The third-order valence-corrected chi connectivity index (χ3v) is 7.74. The maximum atomic E-state index is 12.6. The molecule has 0 bridgehead atoms. The predicted molar refractivity (Wildman–Crippen MR) is 106 cm³/mol. The third kappa shape index (κ3) is 3.60. The Morgan fingerprint density at radius 2 is 2.19 bits per heavy atom. The molecule has 1 aliphatic rings. The minimum Gasteiger partial charge on any atom is -0.346 e. The fraction of sp³-hybridized carbons (Fsp3) is 0.294. The Bertz CT molecular complexity index is 1120. The molecule has 0 radical (unpaired) electrons. The van der Waals surface area contributed by atoms with Gasteiger partial charge in [0.05, 0.1) is 34.1 Å². The molecule has 1 fully saturated rings. The molecule has 3 aromatic rings. The van der Waals surface area contributed by atoms with Gasteiger partial charge < -0.3 is 11.1 Å². The van der Waals surface area contributed by atoms with Crippen LogP contribution in [0.5, 0.6) is 0 Å². The lowest BCUT2D eigenvalue weighted by atomic mass is 10.1. The number of fused-ring (bicyclic) bond motifs is 1. The second-order valence-corrected chi connectivity index (χ2v) is 10.4. The number of nitrogens with one attached hydrogen (secondary N) is 1. The first kappa shape index (κ1) is 18.4. The van der Waals surface area contributed by atoms with E-state index in [-0.39, 0.29) is 23.5 Å². The highest BCUT2D eigenvalue weighted by molar-refractivity contribution is 7.91. The van der Waals surface area contributed by atoms with Crippen LogP contribution in [0.1, 0.15) is 16.1 Å². The van der Waals surface area contributed by atoms with Crippen LogP contribution in [0.3, 0.4) is 0 Å². The van der Waals surface area contributed by atoms with Crippen molar-refractivity contribution in [2.45, 2.75) is 18.5 Å². The number of nitrogens with two attached hydrogens (primary N) is 1. The van der Waals surface area contributed by atoms with Gasteiger partial charge in [-0.1, -0.05) is 17.7 Å². The molecule has 3 aromatic heterocycles. The van der Waals surface area contributed by atoms with E-state index in [9.17, 15) is 13.2 Å². The molecule has 3 N–H and O–H groups in total. The van der Waals surface area contributed by atoms with Crippen LogP contribution in [0.2, 0.25) is 4.34 Å². The number of carbonyl (C=O) groups excluding carboxylic acids is 1. The first-order chi connectivity index (χ1) is 12.8. The Morgan fingerprint density at radius 1 is 1.37 bits per heavy atom. The topological polar surface area (TPSA) is 107 Å². The van der Waals surface area contributed by atoms with Gasteiger partial charge in [0.15, 0.2) is 9.84 Å². The lowest BCUT2D eigenvalue weighted by Crippen LogP contribution is -2.55. The summed E-state index contributed by atoms with van der Waals surface area (Å²) in [5.74, 6) is -0.452. The van der Waals surface area contributed by atoms with E-state index in [1.165, 1.54) is 0 Å². The van der Waals surface area contributed by atoms with Gasteiger partial charge in [-0.25, -0.2) is 12.9 Å². The molecule has 0 unspecified atom stereocenters. The monoisotopic (exact) mass is 424 g/mol. The van der Waals surface area contributed by atoms with E-state index in [2.05, 4.69) is 10.4 Å². The average molecular weight is 425 g/mol. The van der Waals surface area contributed by atoms with Gasteiger partial charge in [0.25, 0.3) is 5.91 Å². The smallest absolute Gasteiger partial charge is 0.261 e. The van der Waals surface area contributed by atoms with Gasteiger partial charge in [-0.3, -0.25) is 4.79 Å². The zero-order chi connectivity index (χ0) is 19.2. The van der Waals surface area contributed by atoms with Crippen molar-refractivity contribution in [3.05, 3.63) is 45.9 Å². The summed E-state index contributed by atoms with van der Waals surface area (Å²) >= 11 is 7.52. The van der Waals surface area contributed by atoms with Gasteiger partial charge in [-0.15, -0.1) is 11.3 Å². The van der Waals surface area contributed by atoms with E-state index in [0.717, 1.165) is 22.4 Å². The molecule has 1 amide bonds. The molecule has 142 valence electrons. The van der Waals surface area contributed by atoms with Crippen molar-refractivity contribution in [1.82, 2.24) is 14.9 Å². The van der Waals surface area contributed by atoms with Gasteiger partial charge in [0, 0.05) is 23.4 Å². The van der Waals surface area contributed by atoms with E-state index in [4.69, 9.17) is 17.3 Å². The van der Waals surface area contributed by atoms with Gasteiger partial charge in [-0.2, -0.15) is 5.10 Å². The normalized spacial score (nSPS) is 22.0. The van der Waals surface area contributed by atoms with E-state index in [0.29, 0.717) is 21.2 Å². The molecule has 0 aromatic carbocycles. The predicted octanol–water partition coefficient (Wildman–Crippen LogP) is 1.96. The maximum absolute atomic E-state index is 12.6. The fourth-order valence-electron chi connectivity index (χ4n) is 3.19. The largest absolute Gasteiger partial charge is 0.346 e. The van der Waals surface area contributed by atoms with Crippen LogP contribution in [0.15, 0.2) is 36.7 Å². The quantitative estimate of drug-likeness (QED) is 0.668. The molecule has 27 heavy (non-hydrogen) atoms. The highest BCUT2D eigenvalue weighted by atomic mass is 35.5. The second kappa shape index (κ2) is 6.90. The number of sulfone groups is 1. The fourth-order valence-corrected chi connectivity index (χ4v) is 6.07. The Hall–Kier alpha value is -1.94. The van der Waals surface area contributed by atoms with Crippen molar-refractivity contribution in [3.8, 4) is 11.1 Å². The van der Waals surface area contributed by atoms with E-state index in [1.54, 1.807) is 16.8 Å². The summed E-state index contributed by atoms with van der Waals surface area (Å²) in [7, 11) is -3.18. The molecule has 4 heterocycles. The van der Waals surface area contributed by atoms with Crippen molar-refractivity contribution in [2.75, 3.05) is 11.5 Å². The van der Waals surface area contributed by atoms with E-state index >= 15 is 0 Å². The van der Waals surface area contributed by atoms with Crippen LogP contribution in [-0.2, 0) is 9.84 Å². The van der Waals surface area contributed by atoms with Gasteiger partial charge >= 0.3 is 0 Å². The van der Waals surface area contributed by atoms with Crippen LogP contribution >= 0.6 is 22.9 Å². The molecule has 0 spiro atoms. The first-order valence-corrected chi connectivity index (χ1v) is 11.3. The third-order valence-electron chi connectivity index (χ3n) is 4.66. The summed E-state index contributed by atoms with van der Waals surface area (Å²) in [6.45, 7) is 0. The van der Waals surface area contributed by atoms with Crippen LogP contribution in [0, 0.1) is 0 Å². The molecule has 1 saturated heterocycles. The number of pyridine rings is 1. The number of halogens is 1. The van der Waals surface area contributed by atoms with Gasteiger partial charge in [0.1, 0.15) is 4.34 Å². The zero-order valence-corrected chi connectivity index (χ0v) is 16.5. The lowest BCUT2D eigenvalue weighted by Gasteiger charge is -2.28. The zero-order valence-electron chi connectivity index (χ0n) is 14.1. The average Bonchev–Trinajstić information content (AvgIpc) is 3.21. The number of carbonyl (C=O) groups is 1. The summed E-state index contributed by atoms with van der Waals surface area (Å²) in [5.41, 5.74) is 8.41. The molecule has 10 heteroatoms. The lowest BCUT2D eigenvalue weighted by molar-refractivity contribution is 0.0938. The van der Waals surface area contributed by atoms with Gasteiger partial charge in [-0.05, 0) is 24.6 Å². The number of amides is 1. The molecule has 0 saturated carbocycles. The van der Waals surface area contributed by atoms with Crippen molar-refractivity contribution < 1.29 is 13.2 Å². The Morgan fingerprint density at radius 3 is 3.00 bits per heavy atom. The molecule has 0 aliphatic carbocycles. The van der Waals surface area contributed by atoms with Crippen molar-refractivity contribution in [3.63, 3.8) is 0 Å². The standard InChI is InChI=1S/C17H17ClN4O3S2/c18-16-10(11-8-20-22-5-2-1-3-14(11)22)7-15(26-16)17(23)21-13-9-27(24,25)6-4-12(13)19/h1-3,5,7-8,12-13H,4,6,9,19H2,(H,21,23)/t12-,13-/m1/s1. The number of hydrogen-bond acceptors (Lipinski definition) is 6. The van der Waals surface area contributed by atoms with Crippen LogP contribution in [0.25, 0.3) is 16.6 Å².